The second-order valence-corrected chi connectivity index (χ2v) is 7.18. The molecular weight excluding hydrogens is 368 g/mol. The van der Waals surface area contributed by atoms with E-state index in [2.05, 4.69) is 9.98 Å². The molecule has 10 heteroatoms. The number of carbonyl (C=O) groups is 2. The maximum Gasteiger partial charge on any atom is 0.307 e. The zero-order valence-electron chi connectivity index (χ0n) is 15.9. The minimum atomic E-state index is -1.27. The molecule has 0 amide bonds. The molecule has 2 saturated carbocycles. The van der Waals surface area contributed by atoms with Crippen LogP contribution >= 0.6 is 0 Å². The Morgan fingerprint density at radius 2 is 1.11 bits per heavy atom. The molecule has 0 radical (unpaired) electrons. The Labute approximate surface area is 162 Å². The Hall–Kier alpha value is -2.52. The van der Waals surface area contributed by atoms with Crippen LogP contribution in [0.5, 0.6) is 0 Å². The van der Waals surface area contributed by atoms with Gasteiger partial charge in [-0.25, -0.2) is 0 Å². The van der Waals surface area contributed by atoms with Crippen molar-refractivity contribution in [3.8, 4) is 0 Å². The number of hydrogen-bond acceptors (Lipinski definition) is 8. The maximum atomic E-state index is 11.7. The summed E-state index contributed by atoms with van der Waals surface area (Å²) in [6.45, 7) is 0.915. The average molecular weight is 394 g/mol. The topological polar surface area (TPSA) is 145 Å². The zero-order chi connectivity index (χ0) is 20.5. The van der Waals surface area contributed by atoms with E-state index in [1.54, 1.807) is 0 Å². The molecule has 0 heterocycles. The van der Waals surface area contributed by atoms with Gasteiger partial charge in [0.1, 0.15) is 0 Å². The minimum Gasteiger partial charge on any atom is -0.292 e. The van der Waals surface area contributed by atoms with Crippen molar-refractivity contribution in [1.29, 1.82) is 0 Å². The predicted molar refractivity (Wildman–Crippen MR) is 102 cm³/mol. The number of hydrogen-bond donors (Lipinski definition) is 0. The molecule has 2 aliphatic rings. The molecule has 2 unspecified atom stereocenters. The Kier molecular flexibility index (Phi) is 8.34. The lowest BCUT2D eigenvalue weighted by atomic mass is 9.92. The summed E-state index contributed by atoms with van der Waals surface area (Å²) in [5, 5.41) is 22.1. The number of aliphatic imine (C=N–C) groups is 2. The molecule has 10 nitrogen and oxygen atoms in total. The highest BCUT2D eigenvalue weighted by Crippen LogP contribution is 2.17. The van der Waals surface area contributed by atoms with Crippen molar-refractivity contribution in [2.75, 3.05) is 13.1 Å². The Morgan fingerprint density at radius 3 is 1.46 bits per heavy atom. The first-order chi connectivity index (χ1) is 13.4. The average Bonchev–Trinajstić information content (AvgIpc) is 2.63. The van der Waals surface area contributed by atoms with Crippen LogP contribution in [-0.2, 0) is 9.59 Å². The highest BCUT2D eigenvalue weighted by atomic mass is 16.6. The molecule has 0 aromatic carbocycles. The van der Waals surface area contributed by atoms with Crippen molar-refractivity contribution >= 4 is 23.0 Å². The van der Waals surface area contributed by atoms with Gasteiger partial charge in [0.2, 0.25) is 11.6 Å². The van der Waals surface area contributed by atoms with Crippen LogP contribution in [0.4, 0.5) is 0 Å². The van der Waals surface area contributed by atoms with E-state index in [-0.39, 0.29) is 24.4 Å². The van der Waals surface area contributed by atoms with Crippen molar-refractivity contribution in [1.82, 2.24) is 0 Å². The molecule has 154 valence electrons. The fourth-order valence-electron chi connectivity index (χ4n) is 3.64. The quantitative estimate of drug-likeness (QED) is 0.333. The Morgan fingerprint density at radius 1 is 0.714 bits per heavy atom. The highest BCUT2D eigenvalue weighted by Gasteiger charge is 2.38. The number of Topliss-reactive ketones (excluding diaryl/α,β-unsaturated/α-hetero) is 2. The van der Waals surface area contributed by atoms with Crippen LogP contribution in [0.2, 0.25) is 0 Å². The van der Waals surface area contributed by atoms with E-state index in [0.717, 1.165) is 25.7 Å². The van der Waals surface area contributed by atoms with Gasteiger partial charge in [-0.15, -0.1) is 0 Å². The SMILES string of the molecule is O=C1CCCC(=NCCCCCCN=C2CCCC(=O)C2[N+](=O)[O-])C1[N+](=O)[O-]. The predicted octanol–water partition coefficient (Wildman–Crippen LogP) is 2.23. The summed E-state index contributed by atoms with van der Waals surface area (Å²) in [6.07, 6.45) is 5.98. The number of carbonyl (C=O) groups excluding carboxylic acids is 2. The number of ketones is 2. The van der Waals surface area contributed by atoms with E-state index in [1.807, 2.05) is 0 Å². The van der Waals surface area contributed by atoms with E-state index in [0.29, 0.717) is 50.2 Å². The fourth-order valence-corrected chi connectivity index (χ4v) is 3.64. The lowest BCUT2D eigenvalue weighted by Crippen LogP contribution is -2.40. The van der Waals surface area contributed by atoms with Crippen molar-refractivity contribution in [3.63, 3.8) is 0 Å². The second kappa shape index (κ2) is 10.7. The third-order valence-electron chi connectivity index (χ3n) is 5.07. The minimum absolute atomic E-state index is 0.246. The van der Waals surface area contributed by atoms with Crippen molar-refractivity contribution in [2.45, 2.75) is 76.3 Å². The van der Waals surface area contributed by atoms with Gasteiger partial charge >= 0.3 is 12.1 Å². The molecule has 2 atom stereocenters. The standard InChI is InChI=1S/C18H26N4O6/c23-15-9-5-7-13(17(15)21(25)26)19-11-3-1-2-4-12-20-14-8-6-10-16(24)18(14)22(27)28/h17-18H,1-12H2. The molecule has 2 aliphatic carbocycles. The van der Waals surface area contributed by atoms with Gasteiger partial charge < -0.3 is 0 Å². The summed E-state index contributed by atoms with van der Waals surface area (Å²) in [4.78, 5) is 52.9. The monoisotopic (exact) mass is 394 g/mol. The van der Waals surface area contributed by atoms with Crippen LogP contribution in [0.3, 0.4) is 0 Å². The van der Waals surface area contributed by atoms with Crippen LogP contribution in [0.1, 0.15) is 64.2 Å². The lowest BCUT2D eigenvalue weighted by Gasteiger charge is -2.16. The summed E-state index contributed by atoms with van der Waals surface area (Å²) in [5.74, 6) is -0.716. The fraction of sp³-hybridized carbons (Fsp3) is 0.778. The van der Waals surface area contributed by atoms with Crippen LogP contribution in [0.25, 0.3) is 0 Å². The Balaban J connectivity index is 1.69. The van der Waals surface area contributed by atoms with Gasteiger partial charge in [-0.1, -0.05) is 12.8 Å². The number of rotatable bonds is 9. The maximum absolute atomic E-state index is 11.7. The normalized spacial score (nSPS) is 26.0. The van der Waals surface area contributed by atoms with Crippen molar-refractivity contribution in [2.24, 2.45) is 9.98 Å². The number of nitro groups is 2. The molecule has 2 fully saturated rings. The lowest BCUT2D eigenvalue weighted by molar-refractivity contribution is -0.489. The largest absolute Gasteiger partial charge is 0.307 e. The molecule has 0 saturated heterocycles. The van der Waals surface area contributed by atoms with Gasteiger partial charge in [0.05, 0.1) is 11.4 Å². The molecule has 0 bridgehead atoms. The second-order valence-electron chi connectivity index (χ2n) is 7.18. The van der Waals surface area contributed by atoms with Crippen LogP contribution in [-0.4, -0.2) is 58.0 Å². The third-order valence-corrected chi connectivity index (χ3v) is 5.07. The van der Waals surface area contributed by atoms with Crippen LogP contribution < -0.4 is 0 Å². The summed E-state index contributed by atoms with van der Waals surface area (Å²) >= 11 is 0. The van der Waals surface area contributed by atoms with Gasteiger partial charge in [0, 0.05) is 35.8 Å². The third kappa shape index (κ3) is 6.00. The van der Waals surface area contributed by atoms with Crippen molar-refractivity contribution < 1.29 is 19.4 Å². The van der Waals surface area contributed by atoms with Gasteiger partial charge in [-0.3, -0.25) is 39.8 Å². The molecule has 0 aliphatic heterocycles. The van der Waals surface area contributed by atoms with Gasteiger partial charge in [0.25, 0.3) is 0 Å². The Bertz CT molecular complexity index is 630. The molecule has 0 aromatic rings. The van der Waals surface area contributed by atoms with Crippen LogP contribution in [0.15, 0.2) is 9.98 Å². The highest BCUT2D eigenvalue weighted by molar-refractivity contribution is 6.10. The molecular formula is C18H26N4O6. The summed E-state index contributed by atoms with van der Waals surface area (Å²) in [6, 6.07) is -2.53. The van der Waals surface area contributed by atoms with E-state index >= 15 is 0 Å². The molecule has 0 spiro atoms. The van der Waals surface area contributed by atoms with E-state index < -0.39 is 21.9 Å². The van der Waals surface area contributed by atoms with Crippen molar-refractivity contribution in [3.05, 3.63) is 20.2 Å². The first-order valence-electron chi connectivity index (χ1n) is 9.80. The van der Waals surface area contributed by atoms with E-state index in [9.17, 15) is 29.8 Å². The summed E-state index contributed by atoms with van der Waals surface area (Å²) in [5.41, 5.74) is 0.779. The smallest absolute Gasteiger partial charge is 0.292 e. The zero-order valence-corrected chi connectivity index (χ0v) is 15.9. The molecule has 2 rings (SSSR count). The van der Waals surface area contributed by atoms with Gasteiger partial charge in [0.15, 0.2) is 0 Å². The first kappa shape index (κ1) is 21.8. The number of nitrogens with zero attached hydrogens (tertiary/aromatic N) is 4. The van der Waals surface area contributed by atoms with E-state index in [1.165, 1.54) is 0 Å². The molecule has 28 heavy (non-hydrogen) atoms. The molecule has 0 aromatic heterocycles. The summed E-state index contributed by atoms with van der Waals surface area (Å²) in [7, 11) is 0. The van der Waals surface area contributed by atoms with Gasteiger partial charge in [-0.2, -0.15) is 0 Å². The first-order valence-corrected chi connectivity index (χ1v) is 9.80. The van der Waals surface area contributed by atoms with Crippen LogP contribution in [0, 0.1) is 20.2 Å². The van der Waals surface area contributed by atoms with E-state index in [4.69, 9.17) is 0 Å². The number of unbranched alkanes of at least 4 members (excludes halogenated alkanes) is 3. The summed E-state index contributed by atoms with van der Waals surface area (Å²) < 4.78 is 0. The molecule has 0 N–H and O–H groups in total. The van der Waals surface area contributed by atoms with Gasteiger partial charge in [-0.05, 0) is 38.5 Å².